The maximum atomic E-state index is 11.2. The predicted octanol–water partition coefficient (Wildman–Crippen LogP) is 1.64. The summed E-state index contributed by atoms with van der Waals surface area (Å²) >= 11 is 0. The molecule has 1 aliphatic rings. The highest BCUT2D eigenvalue weighted by atomic mass is 16.1. The molecular formula is C16H19N5O. The Morgan fingerprint density at radius 1 is 1.23 bits per heavy atom. The Bertz CT molecular complexity index is 677. The molecule has 6 heteroatoms. The van der Waals surface area contributed by atoms with E-state index in [4.69, 9.17) is 11.5 Å². The Balaban J connectivity index is 2.00. The van der Waals surface area contributed by atoms with Crippen molar-refractivity contribution >= 4 is 11.9 Å². The largest absolute Gasteiger partial charge is 0.368 e. The summed E-state index contributed by atoms with van der Waals surface area (Å²) < 4.78 is 0. The molecule has 114 valence electrons. The smallest absolute Gasteiger partial charge is 0.248 e. The molecule has 0 aliphatic carbocycles. The van der Waals surface area contributed by atoms with E-state index in [0.717, 1.165) is 29.8 Å². The molecule has 1 aliphatic heterocycles. The number of nitrogens with zero attached hydrogens (tertiary/aromatic N) is 2. The van der Waals surface area contributed by atoms with E-state index in [2.05, 4.69) is 15.3 Å². The van der Waals surface area contributed by atoms with Crippen LogP contribution in [0.5, 0.6) is 0 Å². The van der Waals surface area contributed by atoms with Crippen LogP contribution in [0.25, 0.3) is 11.1 Å². The van der Waals surface area contributed by atoms with Crippen molar-refractivity contribution in [2.45, 2.75) is 25.3 Å². The van der Waals surface area contributed by atoms with Crippen molar-refractivity contribution in [2.75, 3.05) is 12.3 Å². The molecule has 2 heterocycles. The Hall–Kier alpha value is -2.47. The zero-order valence-corrected chi connectivity index (χ0v) is 12.2. The van der Waals surface area contributed by atoms with E-state index in [9.17, 15) is 4.79 Å². The number of nitrogen functional groups attached to an aromatic ring is 1. The number of amides is 1. The van der Waals surface area contributed by atoms with Crippen LogP contribution in [0.15, 0.2) is 30.5 Å². The van der Waals surface area contributed by atoms with Gasteiger partial charge in [0.1, 0.15) is 0 Å². The van der Waals surface area contributed by atoms with Crippen molar-refractivity contribution in [1.82, 2.24) is 15.3 Å². The third-order valence-electron chi connectivity index (χ3n) is 3.96. The molecule has 0 bridgehead atoms. The van der Waals surface area contributed by atoms with E-state index < -0.39 is 5.91 Å². The van der Waals surface area contributed by atoms with Crippen molar-refractivity contribution in [3.8, 4) is 11.1 Å². The van der Waals surface area contributed by atoms with Crippen LogP contribution in [0.2, 0.25) is 0 Å². The van der Waals surface area contributed by atoms with Gasteiger partial charge in [0.05, 0.1) is 11.7 Å². The van der Waals surface area contributed by atoms with Gasteiger partial charge in [0.15, 0.2) is 0 Å². The van der Waals surface area contributed by atoms with Gasteiger partial charge in [-0.3, -0.25) is 4.79 Å². The number of aromatic nitrogens is 2. The lowest BCUT2D eigenvalue weighted by Gasteiger charge is -2.25. The number of carbonyl (C=O) groups is 1. The first-order valence-corrected chi connectivity index (χ1v) is 7.41. The third kappa shape index (κ3) is 2.92. The average Bonchev–Trinajstić information content (AvgIpc) is 2.56. The molecule has 2 aromatic rings. The van der Waals surface area contributed by atoms with E-state index in [1.165, 1.54) is 12.8 Å². The molecule has 0 radical (unpaired) electrons. The van der Waals surface area contributed by atoms with Crippen LogP contribution in [-0.2, 0) is 0 Å². The van der Waals surface area contributed by atoms with Crippen LogP contribution < -0.4 is 16.8 Å². The maximum absolute atomic E-state index is 11.2. The maximum Gasteiger partial charge on any atom is 0.248 e. The molecule has 0 spiro atoms. The fourth-order valence-corrected chi connectivity index (χ4v) is 2.80. The number of hydrogen-bond acceptors (Lipinski definition) is 5. The Kier molecular flexibility index (Phi) is 4.02. The Labute approximate surface area is 129 Å². The van der Waals surface area contributed by atoms with Crippen LogP contribution in [0.3, 0.4) is 0 Å². The van der Waals surface area contributed by atoms with E-state index >= 15 is 0 Å². The van der Waals surface area contributed by atoms with Gasteiger partial charge in [-0.15, -0.1) is 0 Å². The van der Waals surface area contributed by atoms with Gasteiger partial charge < -0.3 is 16.8 Å². The highest BCUT2D eigenvalue weighted by molar-refractivity contribution is 5.93. The van der Waals surface area contributed by atoms with Crippen molar-refractivity contribution in [3.63, 3.8) is 0 Å². The molecule has 5 N–H and O–H groups in total. The molecule has 1 aromatic heterocycles. The normalized spacial score (nSPS) is 18.1. The monoisotopic (exact) mass is 297 g/mol. The minimum Gasteiger partial charge on any atom is -0.368 e. The molecule has 1 saturated heterocycles. The van der Waals surface area contributed by atoms with Crippen LogP contribution in [-0.4, -0.2) is 22.4 Å². The number of benzene rings is 1. The van der Waals surface area contributed by atoms with Crippen molar-refractivity contribution < 1.29 is 4.79 Å². The Morgan fingerprint density at radius 2 is 2.00 bits per heavy atom. The van der Waals surface area contributed by atoms with Crippen LogP contribution in [0, 0.1) is 0 Å². The summed E-state index contributed by atoms with van der Waals surface area (Å²) in [6.45, 7) is 0.981. The summed E-state index contributed by atoms with van der Waals surface area (Å²) in [5.74, 6) is -0.158. The van der Waals surface area contributed by atoms with E-state index in [0.29, 0.717) is 5.56 Å². The van der Waals surface area contributed by atoms with Crippen molar-refractivity contribution in [2.24, 2.45) is 5.73 Å². The van der Waals surface area contributed by atoms with Crippen LogP contribution >= 0.6 is 0 Å². The molecule has 3 rings (SSSR count). The van der Waals surface area contributed by atoms with E-state index in [-0.39, 0.29) is 12.0 Å². The average molecular weight is 297 g/mol. The first kappa shape index (κ1) is 14.5. The van der Waals surface area contributed by atoms with Gasteiger partial charge in [0.2, 0.25) is 11.9 Å². The second-order valence-corrected chi connectivity index (χ2v) is 5.47. The number of nitrogens with two attached hydrogens (primary N) is 2. The highest BCUT2D eigenvalue weighted by Gasteiger charge is 2.21. The molecule has 0 unspecified atom stereocenters. The quantitative estimate of drug-likeness (QED) is 0.798. The fourth-order valence-electron chi connectivity index (χ4n) is 2.80. The zero-order chi connectivity index (χ0) is 15.5. The predicted molar refractivity (Wildman–Crippen MR) is 85.0 cm³/mol. The molecule has 0 saturated carbocycles. The number of rotatable bonds is 3. The van der Waals surface area contributed by atoms with E-state index in [1.807, 2.05) is 12.1 Å². The first-order valence-electron chi connectivity index (χ1n) is 7.41. The molecule has 1 fully saturated rings. The molecular weight excluding hydrogens is 278 g/mol. The second kappa shape index (κ2) is 6.11. The number of hydrogen-bond donors (Lipinski definition) is 3. The van der Waals surface area contributed by atoms with Gasteiger partial charge in [0, 0.05) is 17.3 Å². The van der Waals surface area contributed by atoms with E-state index in [1.54, 1.807) is 18.3 Å². The summed E-state index contributed by atoms with van der Waals surface area (Å²) in [6.07, 6.45) is 5.12. The summed E-state index contributed by atoms with van der Waals surface area (Å²) in [7, 11) is 0. The molecule has 6 nitrogen and oxygen atoms in total. The van der Waals surface area contributed by atoms with Crippen LogP contribution in [0.1, 0.15) is 41.4 Å². The van der Waals surface area contributed by atoms with Gasteiger partial charge in [-0.2, -0.15) is 0 Å². The number of anilines is 1. The standard InChI is InChI=1S/C16H19N5O/c17-15(22)11-6-4-10(5-7-11)12-9-20-16(18)21-14(12)13-3-1-2-8-19-13/h4-7,9,13,19H,1-3,8H2,(H2,17,22)(H2,18,20,21)/t13-/m0/s1. The molecule has 1 amide bonds. The van der Waals surface area contributed by atoms with Gasteiger partial charge in [0.25, 0.3) is 0 Å². The number of primary amides is 1. The Morgan fingerprint density at radius 3 is 2.64 bits per heavy atom. The summed E-state index contributed by atoms with van der Waals surface area (Å²) in [6, 6.07) is 7.34. The van der Waals surface area contributed by atoms with Crippen molar-refractivity contribution in [3.05, 3.63) is 41.7 Å². The van der Waals surface area contributed by atoms with Gasteiger partial charge >= 0.3 is 0 Å². The lowest BCUT2D eigenvalue weighted by molar-refractivity contribution is 0.100. The van der Waals surface area contributed by atoms with Crippen molar-refractivity contribution in [1.29, 1.82) is 0 Å². The highest BCUT2D eigenvalue weighted by Crippen LogP contribution is 2.31. The van der Waals surface area contributed by atoms with Gasteiger partial charge in [-0.1, -0.05) is 18.6 Å². The number of carbonyl (C=O) groups excluding carboxylic acids is 1. The summed E-state index contributed by atoms with van der Waals surface area (Å²) in [4.78, 5) is 19.7. The third-order valence-corrected chi connectivity index (χ3v) is 3.96. The first-order chi connectivity index (χ1) is 10.6. The number of piperidine rings is 1. The summed E-state index contributed by atoms with van der Waals surface area (Å²) in [5, 5.41) is 3.48. The summed E-state index contributed by atoms with van der Waals surface area (Å²) in [5.41, 5.74) is 14.3. The lowest BCUT2D eigenvalue weighted by Crippen LogP contribution is -2.28. The minimum atomic E-state index is -0.436. The fraction of sp³-hybridized carbons (Fsp3) is 0.312. The topological polar surface area (TPSA) is 107 Å². The lowest BCUT2D eigenvalue weighted by atomic mass is 9.95. The van der Waals surface area contributed by atoms with Gasteiger partial charge in [-0.05, 0) is 37.1 Å². The number of nitrogens with one attached hydrogen (secondary N) is 1. The molecule has 1 atom stereocenters. The second-order valence-electron chi connectivity index (χ2n) is 5.47. The van der Waals surface area contributed by atoms with Crippen LogP contribution in [0.4, 0.5) is 5.95 Å². The molecule has 1 aromatic carbocycles. The zero-order valence-electron chi connectivity index (χ0n) is 12.2. The molecule has 22 heavy (non-hydrogen) atoms. The van der Waals surface area contributed by atoms with Gasteiger partial charge in [-0.25, -0.2) is 9.97 Å². The minimum absolute atomic E-state index is 0.185. The SMILES string of the molecule is NC(=O)c1ccc(-c2cnc(N)nc2[C@@H]2CCCCN2)cc1.